The Hall–Kier alpha value is -2.91. The van der Waals surface area contributed by atoms with Gasteiger partial charge in [0.15, 0.2) is 11.5 Å². The molecule has 0 unspecified atom stereocenters. The maximum absolute atomic E-state index is 12.1. The lowest BCUT2D eigenvalue weighted by Gasteiger charge is -2.06. The monoisotopic (exact) mass is 349 g/mol. The number of ether oxygens (including phenoxy) is 1. The van der Waals surface area contributed by atoms with Crippen molar-refractivity contribution in [1.29, 1.82) is 0 Å². The first-order valence-corrected chi connectivity index (χ1v) is 8.20. The summed E-state index contributed by atoms with van der Waals surface area (Å²) >= 11 is 0. The Bertz CT molecular complexity index is 894. The van der Waals surface area contributed by atoms with Gasteiger partial charge in [-0.1, -0.05) is 12.1 Å². The second-order valence-corrected chi connectivity index (χ2v) is 6.20. The summed E-state index contributed by atoms with van der Waals surface area (Å²) in [6.45, 7) is 0. The molecule has 0 fully saturated rings. The van der Waals surface area contributed by atoms with E-state index in [9.17, 15) is 18.3 Å². The van der Waals surface area contributed by atoms with E-state index < -0.39 is 15.9 Å². The zero-order valence-electron chi connectivity index (χ0n) is 12.6. The molecule has 24 heavy (non-hydrogen) atoms. The van der Waals surface area contributed by atoms with Crippen LogP contribution >= 0.6 is 0 Å². The van der Waals surface area contributed by atoms with Crippen molar-refractivity contribution in [3.63, 3.8) is 0 Å². The molecule has 0 radical (unpaired) electrons. The Labute approximate surface area is 138 Å². The number of carbonyl (C=O) groups is 1. The van der Waals surface area contributed by atoms with Crippen LogP contribution in [-0.2, 0) is 10.0 Å². The molecule has 0 bridgehead atoms. The maximum atomic E-state index is 12.1. The highest BCUT2D eigenvalue weighted by Gasteiger charge is 2.18. The average Bonchev–Trinajstić information content (AvgIpc) is 2.55. The highest BCUT2D eigenvalue weighted by atomic mass is 32.2. The topological polar surface area (TPSA) is 131 Å². The van der Waals surface area contributed by atoms with Crippen LogP contribution in [0.5, 0.6) is 11.5 Å². The summed E-state index contributed by atoms with van der Waals surface area (Å²) in [6, 6.07) is 10.0. The number of methoxy groups -OCH3 is 1. The van der Waals surface area contributed by atoms with Crippen molar-refractivity contribution in [2.24, 2.45) is 10.2 Å². The minimum atomic E-state index is -4.03. The molecule has 9 heteroatoms. The molecule has 0 heterocycles. The zero-order valence-corrected chi connectivity index (χ0v) is 13.4. The van der Waals surface area contributed by atoms with Crippen molar-refractivity contribution in [2.75, 3.05) is 7.11 Å². The standard InChI is InChI=1S/C15H15N3O5S/c1-23-13-8-10(6-7-12(13)19)9-17-18-15(20)11-4-2-3-5-14(11)24(16,21)22/h2-9,19H,1H3,(H,18,20)(H2,16,21,22). The van der Waals surface area contributed by atoms with Crippen LogP contribution in [0, 0.1) is 0 Å². The van der Waals surface area contributed by atoms with Crippen molar-refractivity contribution in [3.05, 3.63) is 53.6 Å². The Morgan fingerprint density at radius 2 is 2.00 bits per heavy atom. The number of phenolic OH excluding ortho intramolecular Hbond substituents is 1. The first-order valence-electron chi connectivity index (χ1n) is 6.65. The number of hydrogen-bond acceptors (Lipinski definition) is 6. The van der Waals surface area contributed by atoms with Crippen LogP contribution in [0.1, 0.15) is 15.9 Å². The third-order valence-electron chi connectivity index (χ3n) is 3.02. The lowest BCUT2D eigenvalue weighted by Crippen LogP contribution is -2.23. The number of rotatable bonds is 5. The van der Waals surface area contributed by atoms with E-state index in [0.29, 0.717) is 5.56 Å². The SMILES string of the molecule is COc1cc(C=NNC(=O)c2ccccc2S(N)(=O)=O)ccc1O. The van der Waals surface area contributed by atoms with Crippen molar-refractivity contribution < 1.29 is 23.1 Å². The van der Waals surface area contributed by atoms with E-state index in [1.54, 1.807) is 6.07 Å². The smallest absolute Gasteiger partial charge is 0.272 e. The summed E-state index contributed by atoms with van der Waals surface area (Å²) in [5.74, 6) is -0.493. The van der Waals surface area contributed by atoms with Crippen molar-refractivity contribution in [3.8, 4) is 11.5 Å². The molecule has 8 nitrogen and oxygen atoms in total. The van der Waals surface area contributed by atoms with E-state index in [1.165, 1.54) is 49.7 Å². The summed E-state index contributed by atoms with van der Waals surface area (Å²) in [4.78, 5) is 11.8. The van der Waals surface area contributed by atoms with Crippen LogP contribution in [0.4, 0.5) is 0 Å². The van der Waals surface area contributed by atoms with Crippen LogP contribution in [0.25, 0.3) is 0 Å². The van der Waals surface area contributed by atoms with Gasteiger partial charge in [0, 0.05) is 0 Å². The fourth-order valence-electron chi connectivity index (χ4n) is 1.90. The third kappa shape index (κ3) is 4.09. The number of primary sulfonamides is 1. The second-order valence-electron chi connectivity index (χ2n) is 4.67. The highest BCUT2D eigenvalue weighted by Crippen LogP contribution is 2.25. The minimum absolute atomic E-state index is 0.0271. The molecule has 126 valence electrons. The molecular formula is C15H15N3O5S. The molecule has 2 aromatic carbocycles. The van der Waals surface area contributed by atoms with Gasteiger partial charge in [0.05, 0.1) is 23.8 Å². The number of benzene rings is 2. The number of carbonyl (C=O) groups excluding carboxylic acids is 1. The lowest BCUT2D eigenvalue weighted by atomic mass is 10.2. The number of nitrogens with two attached hydrogens (primary N) is 1. The maximum Gasteiger partial charge on any atom is 0.272 e. The minimum Gasteiger partial charge on any atom is -0.504 e. The summed E-state index contributed by atoms with van der Waals surface area (Å²) in [5, 5.41) is 18.3. The first-order chi connectivity index (χ1) is 11.3. The van der Waals surface area contributed by atoms with Crippen LogP contribution in [0.2, 0.25) is 0 Å². The molecule has 0 saturated carbocycles. The number of nitrogens with zero attached hydrogens (tertiary/aromatic N) is 1. The van der Waals surface area contributed by atoms with Crippen LogP contribution in [0.15, 0.2) is 52.5 Å². The van der Waals surface area contributed by atoms with Gasteiger partial charge in [-0.05, 0) is 35.9 Å². The van der Waals surface area contributed by atoms with Gasteiger partial charge < -0.3 is 9.84 Å². The van der Waals surface area contributed by atoms with E-state index in [1.807, 2.05) is 0 Å². The van der Waals surface area contributed by atoms with Crippen molar-refractivity contribution >= 4 is 22.1 Å². The number of nitrogens with one attached hydrogen (secondary N) is 1. The third-order valence-corrected chi connectivity index (χ3v) is 3.99. The van der Waals surface area contributed by atoms with Crippen molar-refractivity contribution in [2.45, 2.75) is 4.90 Å². The number of hydrogen-bond donors (Lipinski definition) is 3. The largest absolute Gasteiger partial charge is 0.504 e. The Kier molecular flexibility index (Phi) is 5.17. The second kappa shape index (κ2) is 7.11. The van der Waals surface area contributed by atoms with Crippen LogP contribution in [-0.4, -0.2) is 32.8 Å². The van der Waals surface area contributed by atoms with E-state index >= 15 is 0 Å². The predicted octanol–water partition coefficient (Wildman–Crippen LogP) is 0.812. The number of sulfonamides is 1. The normalized spacial score (nSPS) is 11.4. The number of phenols is 1. The van der Waals surface area contributed by atoms with E-state index in [2.05, 4.69) is 10.5 Å². The van der Waals surface area contributed by atoms with Crippen LogP contribution in [0.3, 0.4) is 0 Å². The number of aromatic hydroxyl groups is 1. The van der Waals surface area contributed by atoms with E-state index in [0.717, 1.165) is 0 Å². The van der Waals surface area contributed by atoms with Gasteiger partial charge in [0.1, 0.15) is 0 Å². The van der Waals surface area contributed by atoms with Gasteiger partial charge in [-0.3, -0.25) is 4.79 Å². The molecule has 0 spiro atoms. The summed E-state index contributed by atoms with van der Waals surface area (Å²) in [7, 11) is -2.62. The molecule has 0 aliphatic heterocycles. The molecule has 0 atom stereocenters. The molecule has 0 aliphatic rings. The van der Waals surface area contributed by atoms with Crippen LogP contribution < -0.4 is 15.3 Å². The Morgan fingerprint density at radius 1 is 1.29 bits per heavy atom. The Morgan fingerprint density at radius 3 is 2.67 bits per heavy atom. The molecule has 0 aromatic heterocycles. The van der Waals surface area contributed by atoms with Gasteiger partial charge >= 0.3 is 0 Å². The molecule has 2 aromatic rings. The summed E-state index contributed by atoms with van der Waals surface area (Å²) in [6.07, 6.45) is 1.32. The van der Waals surface area contributed by atoms with Gasteiger partial charge in [-0.25, -0.2) is 19.0 Å². The summed E-state index contributed by atoms with van der Waals surface area (Å²) in [5.41, 5.74) is 2.67. The summed E-state index contributed by atoms with van der Waals surface area (Å²) < 4.78 is 27.9. The van der Waals surface area contributed by atoms with Gasteiger partial charge in [0.2, 0.25) is 10.0 Å². The van der Waals surface area contributed by atoms with Gasteiger partial charge in [-0.2, -0.15) is 5.10 Å². The quantitative estimate of drug-likeness (QED) is 0.543. The number of hydrazone groups is 1. The molecular weight excluding hydrogens is 334 g/mol. The molecule has 2 rings (SSSR count). The molecule has 4 N–H and O–H groups in total. The van der Waals surface area contributed by atoms with E-state index in [4.69, 9.17) is 9.88 Å². The first kappa shape index (κ1) is 17.4. The molecule has 0 aliphatic carbocycles. The Balaban J connectivity index is 2.17. The molecule has 1 amide bonds. The fourth-order valence-corrected chi connectivity index (χ4v) is 2.64. The van der Waals surface area contributed by atoms with E-state index in [-0.39, 0.29) is 22.0 Å². The average molecular weight is 349 g/mol. The lowest BCUT2D eigenvalue weighted by molar-refractivity contribution is 0.0952. The highest BCUT2D eigenvalue weighted by molar-refractivity contribution is 7.89. The molecule has 0 saturated heterocycles. The predicted molar refractivity (Wildman–Crippen MR) is 87.5 cm³/mol. The van der Waals surface area contributed by atoms with Crippen molar-refractivity contribution in [1.82, 2.24) is 5.43 Å². The zero-order chi connectivity index (χ0) is 17.7. The fraction of sp³-hybridized carbons (Fsp3) is 0.0667. The van der Waals surface area contributed by atoms with Gasteiger partial charge in [-0.15, -0.1) is 0 Å². The van der Waals surface area contributed by atoms with Gasteiger partial charge in [0.25, 0.3) is 5.91 Å². The number of amides is 1.